The number of nitrogens with two attached hydrogens (primary N) is 1. The van der Waals surface area contributed by atoms with E-state index in [0.717, 1.165) is 74.3 Å². The number of rotatable bonds is 5. The molecule has 0 unspecified atom stereocenters. The molecule has 2 fully saturated rings. The number of hydrogen-bond acceptors (Lipinski definition) is 6. The lowest BCUT2D eigenvalue weighted by Gasteiger charge is -2.52. The van der Waals surface area contributed by atoms with Crippen molar-refractivity contribution in [3.05, 3.63) is 103 Å². The molecule has 0 amide bonds. The van der Waals surface area contributed by atoms with Gasteiger partial charge in [-0.05, 0) is 73.4 Å². The Morgan fingerprint density at radius 1 is 0.878 bits per heavy atom. The van der Waals surface area contributed by atoms with Crippen molar-refractivity contribution in [2.45, 2.75) is 43.7 Å². The van der Waals surface area contributed by atoms with Crippen LogP contribution >= 0.6 is 0 Å². The van der Waals surface area contributed by atoms with Gasteiger partial charge >= 0.3 is 0 Å². The van der Waals surface area contributed by atoms with E-state index in [-0.39, 0.29) is 0 Å². The first-order valence-electron chi connectivity index (χ1n) is 14.2. The summed E-state index contributed by atoms with van der Waals surface area (Å²) in [4.78, 5) is 14.3. The number of hydrogen-bond donors (Lipinski definition) is 2. The van der Waals surface area contributed by atoms with Crippen molar-refractivity contribution >= 4 is 16.7 Å². The molecule has 0 bridgehead atoms. The number of aromatic nitrogens is 5. The standard InChI is InChI=1S/C34H30N6O/c1-21-29(23-13-15-36-16-14-23)32-37-18-25-17-28(22-5-3-2-4-6-22)30(38-31(25)40(32)39-21)24-7-9-26(10-8-24)33(35)19-34(41,20-33)27-11-12-27/h2-10,13-18,27,41H,11-12,19-20,35H2,1H3. The molecule has 41 heavy (non-hydrogen) atoms. The third kappa shape index (κ3) is 3.88. The number of aryl methyl sites for hydroxylation is 1. The number of fused-ring (bicyclic) bond motifs is 3. The zero-order chi connectivity index (χ0) is 27.8. The van der Waals surface area contributed by atoms with Gasteiger partial charge in [-0.3, -0.25) is 4.98 Å². The van der Waals surface area contributed by atoms with Crippen LogP contribution in [-0.4, -0.2) is 35.3 Å². The molecular formula is C34H30N6O. The smallest absolute Gasteiger partial charge is 0.165 e. The zero-order valence-electron chi connectivity index (χ0n) is 22.8. The molecule has 2 aliphatic carbocycles. The Morgan fingerprint density at radius 2 is 1.61 bits per heavy atom. The van der Waals surface area contributed by atoms with Crippen LogP contribution in [0.4, 0.5) is 0 Å². The second-order valence-electron chi connectivity index (χ2n) is 11.8. The van der Waals surface area contributed by atoms with Gasteiger partial charge in [0.1, 0.15) is 0 Å². The maximum absolute atomic E-state index is 10.9. The van der Waals surface area contributed by atoms with Crippen LogP contribution in [-0.2, 0) is 5.54 Å². The van der Waals surface area contributed by atoms with Crippen LogP contribution in [0.5, 0.6) is 0 Å². The van der Waals surface area contributed by atoms with E-state index in [0.29, 0.717) is 18.8 Å². The number of benzene rings is 2. The molecule has 2 aromatic carbocycles. The van der Waals surface area contributed by atoms with E-state index in [1.165, 1.54) is 0 Å². The largest absolute Gasteiger partial charge is 0.389 e. The van der Waals surface area contributed by atoms with Gasteiger partial charge in [0.2, 0.25) is 0 Å². The highest BCUT2D eigenvalue weighted by atomic mass is 16.3. The van der Waals surface area contributed by atoms with Crippen LogP contribution in [0.3, 0.4) is 0 Å². The van der Waals surface area contributed by atoms with Crippen molar-refractivity contribution in [3.63, 3.8) is 0 Å². The summed E-state index contributed by atoms with van der Waals surface area (Å²) < 4.78 is 1.86. The Hall–Kier alpha value is -4.46. The van der Waals surface area contributed by atoms with Gasteiger partial charge in [-0.15, -0.1) is 0 Å². The molecule has 7 nitrogen and oxygen atoms in total. The maximum Gasteiger partial charge on any atom is 0.165 e. The fraction of sp³-hybridized carbons (Fsp3) is 0.235. The van der Waals surface area contributed by atoms with Crippen LogP contribution in [0.25, 0.3) is 50.2 Å². The topological polar surface area (TPSA) is 102 Å². The summed E-state index contributed by atoms with van der Waals surface area (Å²) in [5.41, 5.74) is 15.1. The molecule has 8 rings (SSSR count). The minimum atomic E-state index is -0.593. The van der Waals surface area contributed by atoms with E-state index in [2.05, 4.69) is 47.4 Å². The molecule has 0 atom stereocenters. The first kappa shape index (κ1) is 24.3. The lowest BCUT2D eigenvalue weighted by Crippen LogP contribution is -2.60. The van der Waals surface area contributed by atoms with Crippen molar-refractivity contribution < 1.29 is 5.11 Å². The summed E-state index contributed by atoms with van der Waals surface area (Å²) >= 11 is 0. The van der Waals surface area contributed by atoms with Gasteiger partial charge in [0.25, 0.3) is 0 Å². The lowest BCUT2D eigenvalue weighted by atomic mass is 9.60. The van der Waals surface area contributed by atoms with Gasteiger partial charge in [0.15, 0.2) is 11.3 Å². The Balaban J connectivity index is 1.27. The average molecular weight is 539 g/mol. The molecule has 0 saturated heterocycles. The van der Waals surface area contributed by atoms with E-state index < -0.39 is 11.1 Å². The van der Waals surface area contributed by atoms with Gasteiger partial charge in [0.05, 0.1) is 17.0 Å². The molecule has 6 aromatic rings. The molecule has 2 saturated carbocycles. The van der Waals surface area contributed by atoms with E-state index >= 15 is 0 Å². The molecule has 202 valence electrons. The van der Waals surface area contributed by atoms with E-state index in [1.807, 2.05) is 48.0 Å². The van der Waals surface area contributed by atoms with Gasteiger partial charge in [-0.1, -0.05) is 54.6 Å². The van der Waals surface area contributed by atoms with Crippen LogP contribution < -0.4 is 5.73 Å². The highest BCUT2D eigenvalue weighted by Crippen LogP contribution is 2.57. The normalized spacial score (nSPS) is 22.2. The second kappa shape index (κ2) is 8.77. The van der Waals surface area contributed by atoms with Crippen LogP contribution in [0, 0.1) is 12.8 Å². The minimum absolute atomic E-state index is 0.421. The fourth-order valence-corrected chi connectivity index (χ4v) is 6.73. The molecular weight excluding hydrogens is 508 g/mol. The molecule has 4 heterocycles. The average Bonchev–Trinajstić information content (AvgIpc) is 3.79. The molecule has 2 aliphatic rings. The Morgan fingerprint density at radius 3 is 2.32 bits per heavy atom. The maximum atomic E-state index is 10.9. The summed E-state index contributed by atoms with van der Waals surface area (Å²) in [6.45, 7) is 2.00. The number of pyridine rings is 2. The molecule has 7 heteroatoms. The summed E-state index contributed by atoms with van der Waals surface area (Å²) in [5, 5.41) is 16.7. The predicted octanol–water partition coefficient (Wildman–Crippen LogP) is 6.07. The summed E-state index contributed by atoms with van der Waals surface area (Å²) in [6, 6.07) is 24.8. The van der Waals surface area contributed by atoms with Crippen molar-refractivity contribution in [3.8, 4) is 33.5 Å². The zero-order valence-corrected chi connectivity index (χ0v) is 22.8. The highest BCUT2D eigenvalue weighted by Gasteiger charge is 2.58. The fourth-order valence-electron chi connectivity index (χ4n) is 6.73. The summed E-state index contributed by atoms with van der Waals surface area (Å²) in [7, 11) is 0. The Labute approximate surface area is 237 Å². The predicted molar refractivity (Wildman–Crippen MR) is 160 cm³/mol. The molecule has 3 N–H and O–H groups in total. The third-order valence-electron chi connectivity index (χ3n) is 8.96. The van der Waals surface area contributed by atoms with Gasteiger partial charge in [-0.2, -0.15) is 9.61 Å². The Kier molecular flexibility index (Phi) is 5.21. The first-order valence-corrected chi connectivity index (χ1v) is 14.2. The van der Waals surface area contributed by atoms with Gasteiger partial charge in [0, 0.05) is 46.2 Å². The minimum Gasteiger partial charge on any atom is -0.389 e. The monoisotopic (exact) mass is 538 g/mol. The number of aliphatic hydroxyl groups is 1. The van der Waals surface area contributed by atoms with Gasteiger partial charge < -0.3 is 10.8 Å². The van der Waals surface area contributed by atoms with Crippen LogP contribution in [0.2, 0.25) is 0 Å². The summed E-state index contributed by atoms with van der Waals surface area (Å²) in [5.74, 6) is 0.421. The van der Waals surface area contributed by atoms with E-state index in [9.17, 15) is 5.11 Å². The molecule has 0 spiro atoms. The summed E-state index contributed by atoms with van der Waals surface area (Å²) in [6.07, 6.45) is 8.93. The third-order valence-corrected chi connectivity index (χ3v) is 8.96. The molecule has 0 radical (unpaired) electrons. The van der Waals surface area contributed by atoms with Crippen molar-refractivity contribution in [1.82, 2.24) is 24.6 Å². The number of nitrogens with zero attached hydrogens (tertiary/aromatic N) is 5. The first-order chi connectivity index (χ1) is 19.9. The van der Waals surface area contributed by atoms with Crippen molar-refractivity contribution in [2.75, 3.05) is 0 Å². The molecule has 4 aromatic heterocycles. The second-order valence-corrected chi connectivity index (χ2v) is 11.8. The lowest BCUT2D eigenvalue weighted by molar-refractivity contribution is -0.106. The van der Waals surface area contributed by atoms with Gasteiger partial charge in [-0.25, -0.2) is 9.97 Å². The molecule has 0 aliphatic heterocycles. The van der Waals surface area contributed by atoms with E-state index in [1.54, 1.807) is 12.4 Å². The quantitative estimate of drug-likeness (QED) is 0.276. The van der Waals surface area contributed by atoms with Crippen molar-refractivity contribution in [1.29, 1.82) is 0 Å². The SMILES string of the molecule is Cc1nn2c(ncc3cc(-c4ccccc4)c(-c4ccc(C5(N)CC(O)(C6CC6)C5)cc4)nc32)c1-c1ccncc1. The van der Waals surface area contributed by atoms with Crippen LogP contribution in [0.15, 0.2) is 91.4 Å². The highest BCUT2D eigenvalue weighted by molar-refractivity contribution is 5.92. The van der Waals surface area contributed by atoms with Crippen LogP contribution in [0.1, 0.15) is 36.9 Å². The van der Waals surface area contributed by atoms with Crippen molar-refractivity contribution in [2.24, 2.45) is 11.7 Å². The Bertz CT molecular complexity index is 1920. The van der Waals surface area contributed by atoms with E-state index in [4.69, 9.17) is 20.8 Å².